The second kappa shape index (κ2) is 8.91. The molecule has 3 rings (SSSR count). The van der Waals surface area contributed by atoms with Crippen LogP contribution in [0.25, 0.3) is 0 Å². The van der Waals surface area contributed by atoms with E-state index in [1.807, 2.05) is 18.2 Å². The van der Waals surface area contributed by atoms with Crippen molar-refractivity contribution >= 4 is 23.4 Å². The molecule has 0 spiro atoms. The van der Waals surface area contributed by atoms with Gasteiger partial charge in [0.1, 0.15) is 5.82 Å². The molecule has 1 fully saturated rings. The van der Waals surface area contributed by atoms with E-state index in [0.717, 1.165) is 40.6 Å². The summed E-state index contributed by atoms with van der Waals surface area (Å²) in [6.07, 6.45) is 9.36. The average Bonchev–Trinajstić information content (AvgIpc) is 3.01. The molecule has 1 aromatic heterocycles. The Balaban J connectivity index is 1.59. The van der Waals surface area contributed by atoms with E-state index in [2.05, 4.69) is 27.8 Å². The molecular weight excluding hydrogens is 338 g/mol. The maximum atomic E-state index is 6.06. The fourth-order valence-electron chi connectivity index (χ4n) is 3.51. The van der Waals surface area contributed by atoms with E-state index in [1.165, 1.54) is 44.1 Å². The van der Waals surface area contributed by atoms with Crippen LogP contribution in [0.5, 0.6) is 0 Å². The Kier molecular flexibility index (Phi) is 6.61. The van der Waals surface area contributed by atoms with Gasteiger partial charge in [0.05, 0.1) is 0 Å². The first-order chi connectivity index (χ1) is 11.8. The number of aromatic nitrogens is 3. The van der Waals surface area contributed by atoms with Crippen molar-refractivity contribution in [2.45, 2.75) is 69.3 Å². The van der Waals surface area contributed by atoms with Crippen molar-refractivity contribution in [2.75, 3.05) is 0 Å². The van der Waals surface area contributed by atoms with Crippen molar-refractivity contribution in [3.05, 3.63) is 40.7 Å². The summed E-state index contributed by atoms with van der Waals surface area (Å²) >= 11 is 7.81. The van der Waals surface area contributed by atoms with E-state index < -0.39 is 0 Å². The van der Waals surface area contributed by atoms with Gasteiger partial charge >= 0.3 is 0 Å². The lowest BCUT2D eigenvalue weighted by Gasteiger charge is -2.21. The van der Waals surface area contributed by atoms with Crippen molar-refractivity contribution in [3.8, 4) is 0 Å². The monoisotopic (exact) mass is 363 g/mol. The third kappa shape index (κ3) is 4.76. The molecule has 1 aliphatic rings. The number of benzene rings is 1. The second-order valence-electron chi connectivity index (χ2n) is 6.60. The lowest BCUT2D eigenvalue weighted by molar-refractivity contribution is 0.335. The molecular formula is C19H26ClN3S. The van der Waals surface area contributed by atoms with Crippen LogP contribution in [0.3, 0.4) is 0 Å². The Labute approximate surface area is 154 Å². The SMILES string of the molecule is CCn1c(CCC2CCCCC2)nnc1SCc1cccc(Cl)c1. The van der Waals surface area contributed by atoms with Gasteiger partial charge < -0.3 is 4.57 Å². The minimum Gasteiger partial charge on any atom is -0.306 e. The highest BCUT2D eigenvalue weighted by Crippen LogP contribution is 2.28. The molecule has 1 saturated carbocycles. The van der Waals surface area contributed by atoms with Crippen LogP contribution in [0.15, 0.2) is 29.4 Å². The van der Waals surface area contributed by atoms with Gasteiger partial charge in [0.25, 0.3) is 0 Å². The Hall–Kier alpha value is -1.00. The van der Waals surface area contributed by atoms with Crippen LogP contribution in [-0.4, -0.2) is 14.8 Å². The first-order valence-electron chi connectivity index (χ1n) is 9.05. The van der Waals surface area contributed by atoms with Crippen LogP contribution in [0.4, 0.5) is 0 Å². The molecule has 1 aliphatic carbocycles. The number of nitrogens with zero attached hydrogens (tertiary/aromatic N) is 3. The number of thioether (sulfide) groups is 1. The summed E-state index contributed by atoms with van der Waals surface area (Å²) in [4.78, 5) is 0. The molecule has 0 bridgehead atoms. The summed E-state index contributed by atoms with van der Waals surface area (Å²) in [6, 6.07) is 8.03. The molecule has 0 radical (unpaired) electrons. The van der Waals surface area contributed by atoms with E-state index in [0.29, 0.717) is 0 Å². The summed E-state index contributed by atoms with van der Waals surface area (Å²) in [5.74, 6) is 2.92. The third-order valence-electron chi connectivity index (χ3n) is 4.87. The fourth-order valence-corrected chi connectivity index (χ4v) is 4.69. The molecule has 24 heavy (non-hydrogen) atoms. The van der Waals surface area contributed by atoms with Crippen LogP contribution in [-0.2, 0) is 18.7 Å². The Morgan fingerprint density at radius 2 is 2.04 bits per heavy atom. The summed E-state index contributed by atoms with van der Waals surface area (Å²) in [6.45, 7) is 3.11. The normalized spacial score (nSPS) is 15.8. The van der Waals surface area contributed by atoms with Crippen LogP contribution in [0.2, 0.25) is 5.02 Å². The molecule has 0 atom stereocenters. The Morgan fingerprint density at radius 1 is 1.21 bits per heavy atom. The summed E-state index contributed by atoms with van der Waals surface area (Å²) in [7, 11) is 0. The molecule has 0 N–H and O–H groups in total. The van der Waals surface area contributed by atoms with Crippen LogP contribution in [0.1, 0.15) is 56.8 Å². The van der Waals surface area contributed by atoms with Crippen LogP contribution in [0, 0.1) is 5.92 Å². The first kappa shape index (κ1) is 17.8. The topological polar surface area (TPSA) is 30.7 Å². The molecule has 0 amide bonds. The Morgan fingerprint density at radius 3 is 2.79 bits per heavy atom. The molecule has 1 aromatic carbocycles. The standard InChI is InChI=1S/C19H26ClN3S/c1-2-23-18(12-11-15-7-4-3-5-8-15)21-22-19(23)24-14-16-9-6-10-17(20)13-16/h6,9-10,13,15H,2-5,7-8,11-12,14H2,1H3. The van der Waals surface area contributed by atoms with Gasteiger partial charge in [-0.05, 0) is 37.0 Å². The minimum atomic E-state index is 0.790. The second-order valence-corrected chi connectivity index (χ2v) is 7.98. The van der Waals surface area contributed by atoms with Crippen molar-refractivity contribution in [3.63, 3.8) is 0 Å². The summed E-state index contributed by atoms with van der Waals surface area (Å²) < 4.78 is 2.28. The maximum absolute atomic E-state index is 6.06. The van der Waals surface area contributed by atoms with Gasteiger partial charge in [-0.1, -0.05) is 67.6 Å². The van der Waals surface area contributed by atoms with Gasteiger partial charge in [-0.15, -0.1) is 10.2 Å². The van der Waals surface area contributed by atoms with Gasteiger partial charge in [0.15, 0.2) is 5.16 Å². The summed E-state index contributed by atoms with van der Waals surface area (Å²) in [5, 5.41) is 10.7. The third-order valence-corrected chi connectivity index (χ3v) is 6.14. The van der Waals surface area contributed by atoms with Crippen LogP contribution >= 0.6 is 23.4 Å². The molecule has 1 heterocycles. The predicted octanol–water partition coefficient (Wildman–Crippen LogP) is 5.76. The molecule has 3 nitrogen and oxygen atoms in total. The zero-order valence-corrected chi connectivity index (χ0v) is 16.0. The average molecular weight is 364 g/mol. The Bertz CT molecular complexity index is 650. The number of hydrogen-bond donors (Lipinski definition) is 0. The molecule has 2 aromatic rings. The number of aryl methyl sites for hydroxylation is 1. The van der Waals surface area contributed by atoms with E-state index in [4.69, 9.17) is 11.6 Å². The minimum absolute atomic E-state index is 0.790. The van der Waals surface area contributed by atoms with E-state index in [9.17, 15) is 0 Å². The van der Waals surface area contributed by atoms with Gasteiger partial charge in [-0.3, -0.25) is 0 Å². The molecule has 0 saturated heterocycles. The smallest absolute Gasteiger partial charge is 0.191 e. The van der Waals surface area contributed by atoms with Crippen molar-refractivity contribution in [1.82, 2.24) is 14.8 Å². The first-order valence-corrected chi connectivity index (χ1v) is 10.4. The molecule has 130 valence electrons. The van der Waals surface area contributed by atoms with Gasteiger partial charge in [-0.25, -0.2) is 0 Å². The summed E-state index contributed by atoms with van der Waals surface area (Å²) in [5.41, 5.74) is 1.22. The number of hydrogen-bond acceptors (Lipinski definition) is 3. The van der Waals surface area contributed by atoms with E-state index in [-0.39, 0.29) is 0 Å². The van der Waals surface area contributed by atoms with Gasteiger partial charge in [0, 0.05) is 23.7 Å². The fraction of sp³-hybridized carbons (Fsp3) is 0.579. The maximum Gasteiger partial charge on any atom is 0.191 e. The lowest BCUT2D eigenvalue weighted by Crippen LogP contribution is -2.10. The van der Waals surface area contributed by atoms with Crippen molar-refractivity contribution < 1.29 is 0 Å². The van der Waals surface area contributed by atoms with Gasteiger partial charge in [0.2, 0.25) is 0 Å². The van der Waals surface area contributed by atoms with Crippen molar-refractivity contribution in [2.24, 2.45) is 5.92 Å². The van der Waals surface area contributed by atoms with E-state index in [1.54, 1.807) is 11.8 Å². The van der Waals surface area contributed by atoms with Gasteiger partial charge in [-0.2, -0.15) is 0 Å². The molecule has 0 aliphatic heterocycles. The zero-order valence-electron chi connectivity index (χ0n) is 14.4. The van der Waals surface area contributed by atoms with Crippen molar-refractivity contribution in [1.29, 1.82) is 0 Å². The van der Waals surface area contributed by atoms with Crippen LogP contribution < -0.4 is 0 Å². The highest BCUT2D eigenvalue weighted by molar-refractivity contribution is 7.98. The molecule has 0 unspecified atom stereocenters. The zero-order chi connectivity index (χ0) is 16.8. The quantitative estimate of drug-likeness (QED) is 0.586. The lowest BCUT2D eigenvalue weighted by atomic mass is 9.86. The highest BCUT2D eigenvalue weighted by Gasteiger charge is 2.16. The number of rotatable bonds is 7. The largest absolute Gasteiger partial charge is 0.306 e. The predicted molar refractivity (Wildman–Crippen MR) is 102 cm³/mol. The number of halogens is 1. The highest BCUT2D eigenvalue weighted by atomic mass is 35.5. The van der Waals surface area contributed by atoms with E-state index >= 15 is 0 Å². The molecule has 5 heteroatoms.